The van der Waals surface area contributed by atoms with Crippen molar-refractivity contribution in [3.63, 3.8) is 0 Å². The normalized spacial score (nSPS) is 20.3. The number of aliphatic hydroxyl groups excluding tert-OH is 3. The molecule has 0 bridgehead atoms. The van der Waals surface area contributed by atoms with Crippen molar-refractivity contribution >= 4 is 6.08 Å². The van der Waals surface area contributed by atoms with E-state index in [4.69, 9.17) is 9.47 Å². The molecule has 0 aliphatic carbocycles. The minimum atomic E-state index is -0.762. The first-order chi connectivity index (χ1) is 16.0. The van der Waals surface area contributed by atoms with Crippen LogP contribution in [0.15, 0.2) is 60.9 Å². The van der Waals surface area contributed by atoms with Gasteiger partial charge in [-0.15, -0.1) is 0 Å². The highest BCUT2D eigenvalue weighted by Crippen LogP contribution is 2.28. The van der Waals surface area contributed by atoms with Crippen LogP contribution >= 0.6 is 0 Å². The summed E-state index contributed by atoms with van der Waals surface area (Å²) in [6.45, 7) is 1.91. The van der Waals surface area contributed by atoms with E-state index in [0.717, 1.165) is 11.1 Å². The van der Waals surface area contributed by atoms with Crippen molar-refractivity contribution in [3.05, 3.63) is 78.1 Å². The van der Waals surface area contributed by atoms with E-state index < -0.39 is 24.1 Å². The number of ether oxygens (including phenoxy) is 2. The van der Waals surface area contributed by atoms with Crippen LogP contribution in [0.4, 0.5) is 4.39 Å². The molecule has 4 unspecified atom stereocenters. The molecule has 4 atom stereocenters. The lowest BCUT2D eigenvalue weighted by Crippen LogP contribution is -2.30. The van der Waals surface area contributed by atoms with Crippen LogP contribution in [0.2, 0.25) is 0 Å². The fraction of sp³-hybridized carbons (Fsp3) is 0.320. The van der Waals surface area contributed by atoms with E-state index in [-0.39, 0.29) is 31.6 Å². The second-order valence-corrected chi connectivity index (χ2v) is 8.01. The molecule has 2 aromatic carbocycles. The Morgan fingerprint density at radius 3 is 2.61 bits per heavy atom. The molecule has 4 rings (SSSR count). The summed E-state index contributed by atoms with van der Waals surface area (Å²) in [6, 6.07) is 11.9. The van der Waals surface area contributed by atoms with Gasteiger partial charge in [0.2, 0.25) is 0 Å². The van der Waals surface area contributed by atoms with Crippen molar-refractivity contribution in [3.8, 4) is 16.9 Å². The molecule has 2 heterocycles. The average molecular weight is 454 g/mol. The van der Waals surface area contributed by atoms with Gasteiger partial charge in [0, 0.05) is 12.4 Å². The van der Waals surface area contributed by atoms with Gasteiger partial charge >= 0.3 is 0 Å². The van der Waals surface area contributed by atoms with Crippen LogP contribution < -0.4 is 4.74 Å². The molecule has 3 aromatic rings. The minimum absolute atomic E-state index is 0.0824. The summed E-state index contributed by atoms with van der Waals surface area (Å²) < 4.78 is 27.0. The van der Waals surface area contributed by atoms with Crippen molar-refractivity contribution < 1.29 is 29.2 Å². The molecule has 174 valence electrons. The van der Waals surface area contributed by atoms with E-state index in [1.165, 1.54) is 6.07 Å². The number of nitrogens with zero attached hydrogens (tertiary/aromatic N) is 2. The molecule has 0 spiro atoms. The summed E-state index contributed by atoms with van der Waals surface area (Å²) in [4.78, 5) is 4.14. The summed E-state index contributed by atoms with van der Waals surface area (Å²) >= 11 is 0. The van der Waals surface area contributed by atoms with Gasteiger partial charge in [-0.25, -0.2) is 9.37 Å². The second-order valence-electron chi connectivity index (χ2n) is 8.01. The molecular weight excluding hydrogens is 427 g/mol. The molecule has 1 aliphatic heterocycles. The van der Waals surface area contributed by atoms with Gasteiger partial charge in [-0.3, -0.25) is 0 Å². The standard InChI is InChI=1S/C25H27FN2O5/c1-16(30)25-27-10-11-28(25)20(13-29)8-4-17-2-5-18(6-3-17)19-7-9-23(21(26)12-19)33-24-15-32-14-22(24)31/h2-12,16,20,22,24,29-31H,13-15H2,1H3/b8-4+. The van der Waals surface area contributed by atoms with Crippen LogP contribution in [0.25, 0.3) is 17.2 Å². The zero-order chi connectivity index (χ0) is 23.4. The SMILES string of the molecule is CC(O)c1nccn1C(/C=C/c1ccc(-c2ccc(OC3COCC3O)c(F)c2)cc1)CO. The molecule has 1 fully saturated rings. The van der Waals surface area contributed by atoms with Gasteiger partial charge in [-0.1, -0.05) is 42.5 Å². The van der Waals surface area contributed by atoms with E-state index in [9.17, 15) is 19.7 Å². The number of hydrogen-bond donors (Lipinski definition) is 3. The number of benzene rings is 2. The van der Waals surface area contributed by atoms with Gasteiger partial charge in [0.25, 0.3) is 0 Å². The Morgan fingerprint density at radius 1 is 1.21 bits per heavy atom. The number of hydrogen-bond acceptors (Lipinski definition) is 6. The Morgan fingerprint density at radius 2 is 1.97 bits per heavy atom. The third kappa shape index (κ3) is 5.31. The molecule has 33 heavy (non-hydrogen) atoms. The first-order valence-corrected chi connectivity index (χ1v) is 10.8. The first-order valence-electron chi connectivity index (χ1n) is 10.8. The topological polar surface area (TPSA) is 97.0 Å². The van der Waals surface area contributed by atoms with E-state index in [0.29, 0.717) is 11.4 Å². The van der Waals surface area contributed by atoms with Gasteiger partial charge in [-0.05, 0) is 35.7 Å². The average Bonchev–Trinajstić information content (AvgIpc) is 3.46. The van der Waals surface area contributed by atoms with Crippen molar-refractivity contribution in [1.29, 1.82) is 0 Å². The minimum Gasteiger partial charge on any atom is -0.482 e. The number of imidazole rings is 1. The molecule has 0 saturated carbocycles. The predicted molar refractivity (Wildman–Crippen MR) is 121 cm³/mol. The summed E-state index contributed by atoms with van der Waals surface area (Å²) in [5.74, 6) is 0.0630. The van der Waals surface area contributed by atoms with Crippen molar-refractivity contribution in [2.24, 2.45) is 0 Å². The lowest BCUT2D eigenvalue weighted by molar-refractivity contribution is 0.0708. The van der Waals surface area contributed by atoms with Crippen LogP contribution in [-0.2, 0) is 4.74 Å². The van der Waals surface area contributed by atoms with Crippen LogP contribution in [0, 0.1) is 5.82 Å². The molecule has 3 N–H and O–H groups in total. The Labute approximate surface area is 191 Å². The zero-order valence-electron chi connectivity index (χ0n) is 18.2. The highest BCUT2D eigenvalue weighted by atomic mass is 19.1. The lowest BCUT2D eigenvalue weighted by atomic mass is 10.0. The van der Waals surface area contributed by atoms with Crippen LogP contribution in [0.5, 0.6) is 5.75 Å². The van der Waals surface area contributed by atoms with Crippen molar-refractivity contribution in [2.75, 3.05) is 19.8 Å². The first kappa shape index (κ1) is 23.1. The molecule has 1 aliphatic rings. The van der Waals surface area contributed by atoms with E-state index in [2.05, 4.69) is 4.98 Å². The largest absolute Gasteiger partial charge is 0.482 e. The quantitative estimate of drug-likeness (QED) is 0.484. The zero-order valence-corrected chi connectivity index (χ0v) is 18.2. The van der Waals surface area contributed by atoms with Crippen molar-refractivity contribution in [2.45, 2.75) is 31.3 Å². The maximum Gasteiger partial charge on any atom is 0.165 e. The van der Waals surface area contributed by atoms with Gasteiger partial charge < -0.3 is 29.4 Å². The summed E-state index contributed by atoms with van der Waals surface area (Å²) in [7, 11) is 0. The van der Waals surface area contributed by atoms with Crippen molar-refractivity contribution in [1.82, 2.24) is 9.55 Å². The highest BCUT2D eigenvalue weighted by Gasteiger charge is 2.28. The molecule has 8 heteroatoms. The van der Waals surface area contributed by atoms with E-state index in [1.807, 2.05) is 36.4 Å². The molecule has 1 saturated heterocycles. The summed E-state index contributed by atoms with van der Waals surface area (Å²) in [5, 5.41) is 29.4. The summed E-state index contributed by atoms with van der Waals surface area (Å²) in [5.41, 5.74) is 2.45. The Bertz CT molecular complexity index is 1100. The number of aliphatic hydroxyl groups is 3. The fourth-order valence-electron chi connectivity index (χ4n) is 3.75. The van der Waals surface area contributed by atoms with Crippen LogP contribution in [0.3, 0.4) is 0 Å². The number of rotatable bonds is 8. The highest BCUT2D eigenvalue weighted by molar-refractivity contribution is 5.66. The lowest BCUT2D eigenvalue weighted by Gasteiger charge is -2.16. The van der Waals surface area contributed by atoms with Gasteiger partial charge in [0.05, 0.1) is 25.9 Å². The number of aromatic nitrogens is 2. The maximum atomic E-state index is 14.6. The fourth-order valence-corrected chi connectivity index (χ4v) is 3.75. The Hall–Kier alpha value is -3.04. The third-order valence-corrected chi connectivity index (χ3v) is 5.58. The maximum absolute atomic E-state index is 14.6. The number of halogens is 1. The van der Waals surface area contributed by atoms with E-state index >= 15 is 0 Å². The van der Waals surface area contributed by atoms with Gasteiger partial charge in [0.1, 0.15) is 18.0 Å². The van der Waals surface area contributed by atoms with Gasteiger partial charge in [-0.2, -0.15) is 0 Å². The Kier molecular flexibility index (Phi) is 7.20. The third-order valence-electron chi connectivity index (χ3n) is 5.58. The smallest absolute Gasteiger partial charge is 0.165 e. The van der Waals surface area contributed by atoms with Gasteiger partial charge in [0.15, 0.2) is 17.7 Å². The molecule has 7 nitrogen and oxygen atoms in total. The van der Waals surface area contributed by atoms with Crippen LogP contribution in [-0.4, -0.2) is 56.9 Å². The molecular formula is C25H27FN2O5. The molecule has 0 amide bonds. The second kappa shape index (κ2) is 10.3. The van der Waals surface area contributed by atoms with Crippen LogP contribution in [0.1, 0.15) is 30.5 Å². The van der Waals surface area contributed by atoms with E-state index in [1.54, 1.807) is 36.0 Å². The monoisotopic (exact) mass is 454 g/mol. The molecule has 1 aromatic heterocycles. The predicted octanol–water partition coefficient (Wildman–Crippen LogP) is 3.13. The Balaban J connectivity index is 1.45. The molecule has 0 radical (unpaired) electrons. The summed E-state index contributed by atoms with van der Waals surface area (Å²) in [6.07, 6.45) is 4.96.